The van der Waals surface area contributed by atoms with Crippen LogP contribution in [0.3, 0.4) is 0 Å². The van der Waals surface area contributed by atoms with E-state index < -0.39 is 0 Å². The highest BCUT2D eigenvalue weighted by Crippen LogP contribution is 2.27. The maximum absolute atomic E-state index is 12.5. The van der Waals surface area contributed by atoms with Gasteiger partial charge < -0.3 is 10.4 Å². The standard InChI is InChI=1S/C25H23N3O2/c1-16-4-7-19(8-5-16)25-21(28-13-12-18(3)15-23(28)27-25)9-11-24(30)26-20-14-17(2)6-10-22(20)29/h4-15,29H,1-3H3,(H,26,30)/b11-9+. The molecule has 2 heterocycles. The average Bonchev–Trinajstić information content (AvgIpc) is 3.07. The van der Waals surface area contributed by atoms with Crippen LogP contribution in [0, 0.1) is 20.8 Å². The molecule has 0 bridgehead atoms. The van der Waals surface area contributed by atoms with Crippen molar-refractivity contribution in [1.29, 1.82) is 0 Å². The predicted molar refractivity (Wildman–Crippen MR) is 121 cm³/mol. The number of carbonyl (C=O) groups excluding carboxylic acids is 1. The topological polar surface area (TPSA) is 66.6 Å². The fourth-order valence-corrected chi connectivity index (χ4v) is 3.33. The van der Waals surface area contributed by atoms with Crippen molar-refractivity contribution in [3.8, 4) is 17.0 Å². The summed E-state index contributed by atoms with van der Waals surface area (Å²) in [5.74, 6) is -0.291. The molecule has 0 fully saturated rings. The highest BCUT2D eigenvalue weighted by Gasteiger charge is 2.13. The van der Waals surface area contributed by atoms with E-state index in [0.717, 1.165) is 33.7 Å². The van der Waals surface area contributed by atoms with Gasteiger partial charge in [0, 0.05) is 17.8 Å². The van der Waals surface area contributed by atoms with Crippen LogP contribution in [0.5, 0.6) is 5.75 Å². The number of aryl methyl sites for hydroxylation is 3. The van der Waals surface area contributed by atoms with Crippen LogP contribution in [0.25, 0.3) is 23.0 Å². The minimum Gasteiger partial charge on any atom is -0.506 e. The fraction of sp³-hybridized carbons (Fsp3) is 0.120. The Labute approximate surface area is 175 Å². The number of aromatic nitrogens is 2. The Morgan fingerprint density at radius 2 is 1.67 bits per heavy atom. The van der Waals surface area contributed by atoms with Crippen LogP contribution in [-0.4, -0.2) is 20.4 Å². The molecule has 0 atom stereocenters. The quantitative estimate of drug-likeness (QED) is 0.363. The number of phenols is 1. The molecule has 4 aromatic rings. The lowest BCUT2D eigenvalue weighted by molar-refractivity contribution is -0.111. The first kappa shape index (κ1) is 19.5. The van der Waals surface area contributed by atoms with Crippen LogP contribution in [0.1, 0.15) is 22.4 Å². The molecule has 0 radical (unpaired) electrons. The second-order valence-electron chi connectivity index (χ2n) is 7.49. The zero-order chi connectivity index (χ0) is 21.3. The molecule has 5 nitrogen and oxygen atoms in total. The van der Waals surface area contributed by atoms with Gasteiger partial charge in [-0.1, -0.05) is 35.9 Å². The van der Waals surface area contributed by atoms with Crippen LogP contribution in [-0.2, 0) is 4.79 Å². The third-order valence-corrected chi connectivity index (χ3v) is 4.95. The Kier molecular flexibility index (Phi) is 5.11. The number of phenolic OH excluding ortho intramolecular Hbond substituents is 1. The van der Waals surface area contributed by atoms with Crippen LogP contribution in [0.2, 0.25) is 0 Å². The van der Waals surface area contributed by atoms with Crippen molar-refractivity contribution in [2.24, 2.45) is 0 Å². The van der Waals surface area contributed by atoms with Gasteiger partial charge >= 0.3 is 0 Å². The number of anilines is 1. The van der Waals surface area contributed by atoms with Crippen LogP contribution in [0.15, 0.2) is 66.9 Å². The number of pyridine rings is 1. The van der Waals surface area contributed by atoms with E-state index in [0.29, 0.717) is 5.69 Å². The number of rotatable bonds is 4. The second kappa shape index (κ2) is 7.87. The number of hydrogen-bond acceptors (Lipinski definition) is 3. The second-order valence-corrected chi connectivity index (χ2v) is 7.49. The molecule has 0 saturated carbocycles. The number of benzene rings is 2. The Balaban J connectivity index is 1.71. The van der Waals surface area contributed by atoms with E-state index in [4.69, 9.17) is 4.98 Å². The SMILES string of the molecule is Cc1ccc(-c2nc3cc(C)ccn3c2/C=C/C(=O)Nc2cc(C)ccc2O)cc1. The molecule has 1 amide bonds. The van der Waals surface area contributed by atoms with E-state index in [1.165, 1.54) is 11.6 Å². The first-order valence-electron chi connectivity index (χ1n) is 9.75. The maximum atomic E-state index is 12.5. The van der Waals surface area contributed by atoms with Gasteiger partial charge in [-0.3, -0.25) is 9.20 Å². The molecule has 2 aromatic heterocycles. The normalized spacial score (nSPS) is 11.3. The van der Waals surface area contributed by atoms with Gasteiger partial charge in [-0.15, -0.1) is 0 Å². The molecule has 0 unspecified atom stereocenters. The highest BCUT2D eigenvalue weighted by atomic mass is 16.3. The third kappa shape index (κ3) is 3.96. The summed E-state index contributed by atoms with van der Waals surface area (Å²) in [4.78, 5) is 17.3. The summed E-state index contributed by atoms with van der Waals surface area (Å²) in [6.07, 6.45) is 5.18. The van der Waals surface area contributed by atoms with Crippen LogP contribution < -0.4 is 5.32 Å². The first-order chi connectivity index (χ1) is 14.4. The molecular formula is C25H23N3O2. The van der Waals surface area contributed by atoms with Crippen molar-refractivity contribution in [2.75, 3.05) is 5.32 Å². The molecule has 2 N–H and O–H groups in total. The lowest BCUT2D eigenvalue weighted by atomic mass is 10.1. The van der Waals surface area contributed by atoms with Gasteiger partial charge in [0.15, 0.2) is 0 Å². The Bertz CT molecular complexity index is 1270. The Morgan fingerprint density at radius 1 is 0.967 bits per heavy atom. The molecule has 0 saturated heterocycles. The molecular weight excluding hydrogens is 374 g/mol. The number of fused-ring (bicyclic) bond motifs is 1. The van der Waals surface area contributed by atoms with E-state index >= 15 is 0 Å². The third-order valence-electron chi connectivity index (χ3n) is 4.95. The van der Waals surface area contributed by atoms with Crippen LogP contribution in [0.4, 0.5) is 5.69 Å². The van der Waals surface area contributed by atoms with Crippen LogP contribution >= 0.6 is 0 Å². The van der Waals surface area contributed by atoms with Crippen molar-refractivity contribution in [1.82, 2.24) is 9.38 Å². The Morgan fingerprint density at radius 3 is 2.43 bits per heavy atom. The summed E-state index contributed by atoms with van der Waals surface area (Å²) >= 11 is 0. The van der Waals surface area contributed by atoms with E-state index in [2.05, 4.69) is 5.32 Å². The summed E-state index contributed by atoms with van der Waals surface area (Å²) in [6.45, 7) is 5.97. The lowest BCUT2D eigenvalue weighted by Crippen LogP contribution is -2.08. The van der Waals surface area contributed by atoms with E-state index in [-0.39, 0.29) is 11.7 Å². The average molecular weight is 397 g/mol. The molecule has 30 heavy (non-hydrogen) atoms. The predicted octanol–water partition coefficient (Wildman–Crippen LogP) is 5.28. The van der Waals surface area contributed by atoms with Gasteiger partial charge in [-0.2, -0.15) is 0 Å². The Hall–Kier alpha value is -3.86. The number of aromatic hydroxyl groups is 1. The molecule has 4 rings (SSSR count). The van der Waals surface area contributed by atoms with Gasteiger partial charge in [-0.05, 0) is 62.2 Å². The largest absolute Gasteiger partial charge is 0.506 e. The van der Waals surface area contributed by atoms with Crippen molar-refractivity contribution in [3.05, 3.63) is 89.3 Å². The van der Waals surface area contributed by atoms with E-state index in [1.54, 1.807) is 24.3 Å². The summed E-state index contributed by atoms with van der Waals surface area (Å²) < 4.78 is 1.97. The van der Waals surface area contributed by atoms with Gasteiger partial charge in [0.05, 0.1) is 17.1 Å². The summed E-state index contributed by atoms with van der Waals surface area (Å²) in [5, 5.41) is 12.7. The molecule has 150 valence electrons. The number of carbonyl (C=O) groups is 1. The molecule has 5 heteroatoms. The highest BCUT2D eigenvalue weighted by molar-refractivity contribution is 6.03. The minimum absolute atomic E-state index is 0.0352. The summed E-state index contributed by atoms with van der Waals surface area (Å²) in [7, 11) is 0. The zero-order valence-electron chi connectivity index (χ0n) is 17.2. The van der Waals surface area contributed by atoms with Gasteiger partial charge in [-0.25, -0.2) is 4.98 Å². The van der Waals surface area contributed by atoms with E-state index in [1.807, 2.05) is 67.8 Å². The number of hydrogen-bond donors (Lipinski definition) is 2. The molecule has 0 aliphatic rings. The molecule has 0 aliphatic carbocycles. The smallest absolute Gasteiger partial charge is 0.248 e. The van der Waals surface area contributed by atoms with Gasteiger partial charge in [0.1, 0.15) is 11.4 Å². The van der Waals surface area contributed by atoms with Gasteiger partial charge in [0.2, 0.25) is 5.91 Å². The number of nitrogens with zero attached hydrogens (tertiary/aromatic N) is 2. The van der Waals surface area contributed by atoms with Crippen molar-refractivity contribution >= 4 is 23.3 Å². The van der Waals surface area contributed by atoms with Crippen molar-refractivity contribution < 1.29 is 9.90 Å². The molecule has 0 aliphatic heterocycles. The van der Waals surface area contributed by atoms with Gasteiger partial charge in [0.25, 0.3) is 0 Å². The number of imidazole rings is 1. The molecule has 0 spiro atoms. The van der Waals surface area contributed by atoms with Crippen molar-refractivity contribution in [3.63, 3.8) is 0 Å². The lowest BCUT2D eigenvalue weighted by Gasteiger charge is -2.06. The van der Waals surface area contributed by atoms with E-state index in [9.17, 15) is 9.90 Å². The summed E-state index contributed by atoms with van der Waals surface area (Å²) in [5.41, 5.74) is 7.06. The fourth-order valence-electron chi connectivity index (χ4n) is 3.33. The number of amides is 1. The minimum atomic E-state index is -0.326. The monoisotopic (exact) mass is 397 g/mol. The van der Waals surface area contributed by atoms with Crippen molar-refractivity contribution in [2.45, 2.75) is 20.8 Å². The first-order valence-corrected chi connectivity index (χ1v) is 9.75. The zero-order valence-corrected chi connectivity index (χ0v) is 17.2. The number of nitrogens with one attached hydrogen (secondary N) is 1. The maximum Gasteiger partial charge on any atom is 0.248 e. The summed E-state index contributed by atoms with van der Waals surface area (Å²) in [6, 6.07) is 17.3. The molecule has 2 aromatic carbocycles.